The summed E-state index contributed by atoms with van der Waals surface area (Å²) in [4.78, 5) is 4.30. The molecule has 0 saturated heterocycles. The summed E-state index contributed by atoms with van der Waals surface area (Å²) in [6, 6.07) is 2.22. The molecule has 2 rings (SSSR count). The maximum atomic E-state index is 5.98. The van der Waals surface area contributed by atoms with E-state index in [1.165, 1.54) is 0 Å². The van der Waals surface area contributed by atoms with Crippen molar-refractivity contribution in [3.8, 4) is 0 Å². The lowest BCUT2D eigenvalue weighted by Gasteiger charge is -2.07. The maximum Gasteiger partial charge on any atom is 0.131 e. The molecule has 15 heavy (non-hydrogen) atoms. The molecule has 0 atom stereocenters. The monoisotopic (exact) mass is 223 g/mol. The van der Waals surface area contributed by atoms with Gasteiger partial charge in [-0.2, -0.15) is 5.10 Å². The minimum absolute atomic E-state index is 0.339. The Morgan fingerprint density at radius 1 is 1.47 bits per heavy atom. The second-order valence-electron chi connectivity index (χ2n) is 3.86. The van der Waals surface area contributed by atoms with Crippen molar-refractivity contribution >= 4 is 22.5 Å². The zero-order valence-electron chi connectivity index (χ0n) is 9.16. The molecule has 0 aliphatic heterocycles. The van der Waals surface area contributed by atoms with Crippen LogP contribution in [0.5, 0.6) is 0 Å². The summed E-state index contributed by atoms with van der Waals surface area (Å²) in [6.45, 7) is 6.28. The fraction of sp³-hybridized carbons (Fsp3) is 0.455. The second-order valence-corrected chi connectivity index (χ2v) is 4.25. The Kier molecular flexibility index (Phi) is 2.65. The fourth-order valence-corrected chi connectivity index (χ4v) is 1.96. The number of hydrogen-bond acceptors (Lipinski definition) is 2. The molecule has 0 aromatic carbocycles. The first kappa shape index (κ1) is 10.4. The van der Waals surface area contributed by atoms with E-state index in [0.29, 0.717) is 11.2 Å². The number of aromatic nitrogens is 3. The highest BCUT2D eigenvalue weighted by Gasteiger charge is 2.10. The Hall–Kier alpha value is -1.09. The quantitative estimate of drug-likeness (QED) is 0.732. The third-order valence-corrected chi connectivity index (χ3v) is 2.66. The minimum atomic E-state index is 0.339. The molecular weight excluding hydrogens is 210 g/mol. The third kappa shape index (κ3) is 1.72. The van der Waals surface area contributed by atoms with Crippen LogP contribution in [0.3, 0.4) is 0 Å². The fourth-order valence-electron chi connectivity index (χ4n) is 1.75. The van der Waals surface area contributed by atoms with Gasteiger partial charge in [-0.15, -0.1) is 0 Å². The molecule has 0 bridgehead atoms. The van der Waals surface area contributed by atoms with E-state index >= 15 is 0 Å². The topological polar surface area (TPSA) is 30.7 Å². The van der Waals surface area contributed by atoms with Crippen molar-refractivity contribution in [2.75, 3.05) is 0 Å². The van der Waals surface area contributed by atoms with Gasteiger partial charge in [0.2, 0.25) is 0 Å². The van der Waals surface area contributed by atoms with Gasteiger partial charge in [0, 0.05) is 17.5 Å². The number of halogens is 1. The van der Waals surface area contributed by atoms with Gasteiger partial charge in [0.15, 0.2) is 0 Å². The van der Waals surface area contributed by atoms with E-state index in [1.807, 2.05) is 16.9 Å². The van der Waals surface area contributed by atoms with Crippen LogP contribution in [0.25, 0.3) is 10.9 Å². The summed E-state index contributed by atoms with van der Waals surface area (Å²) in [5, 5.41) is 6.01. The molecule has 2 aromatic rings. The van der Waals surface area contributed by atoms with E-state index < -0.39 is 0 Å². The van der Waals surface area contributed by atoms with Crippen molar-refractivity contribution in [2.24, 2.45) is 0 Å². The zero-order chi connectivity index (χ0) is 11.0. The van der Waals surface area contributed by atoms with Crippen molar-refractivity contribution in [3.63, 3.8) is 0 Å². The van der Waals surface area contributed by atoms with Crippen LogP contribution in [0.15, 0.2) is 12.3 Å². The minimum Gasteiger partial charge on any atom is -0.262 e. The Morgan fingerprint density at radius 3 is 2.80 bits per heavy atom. The van der Waals surface area contributed by atoms with Gasteiger partial charge in [-0.05, 0) is 20.3 Å². The number of fused-ring (bicyclic) bond motifs is 1. The van der Waals surface area contributed by atoms with Gasteiger partial charge >= 0.3 is 0 Å². The summed E-state index contributed by atoms with van der Waals surface area (Å²) >= 11 is 5.98. The highest BCUT2D eigenvalue weighted by molar-refractivity contribution is 6.30. The third-order valence-electron chi connectivity index (χ3n) is 2.47. The summed E-state index contributed by atoms with van der Waals surface area (Å²) < 4.78 is 1.97. The number of aryl methyl sites for hydroxylation is 1. The lowest BCUT2D eigenvalue weighted by molar-refractivity contribution is 0.551. The van der Waals surface area contributed by atoms with Crippen molar-refractivity contribution in [3.05, 3.63) is 23.1 Å². The first-order chi connectivity index (χ1) is 7.13. The number of rotatable bonds is 2. The first-order valence-electron chi connectivity index (χ1n) is 5.16. The lowest BCUT2D eigenvalue weighted by Crippen LogP contribution is -2.02. The molecule has 0 unspecified atom stereocenters. The van der Waals surface area contributed by atoms with Crippen molar-refractivity contribution in [2.45, 2.75) is 33.2 Å². The Balaban J connectivity index is 2.75. The van der Waals surface area contributed by atoms with Crippen LogP contribution >= 0.6 is 11.6 Å². The normalized spacial score (nSPS) is 11.5. The molecule has 2 aromatic heterocycles. The summed E-state index contributed by atoms with van der Waals surface area (Å²) in [7, 11) is 0. The summed E-state index contributed by atoms with van der Waals surface area (Å²) in [5.74, 6) is 0. The molecule has 0 aliphatic carbocycles. The van der Waals surface area contributed by atoms with Crippen LogP contribution in [-0.4, -0.2) is 14.8 Å². The van der Waals surface area contributed by atoms with Crippen LogP contribution in [0, 0.1) is 0 Å². The summed E-state index contributed by atoms with van der Waals surface area (Å²) in [5.41, 5.74) is 2.09. The standard InChI is InChI=1S/C11H14ClN3/c1-4-9-8-6-13-15(7(2)3)10(8)5-11(12)14-9/h5-7H,4H2,1-3H3. The lowest BCUT2D eigenvalue weighted by atomic mass is 10.2. The molecule has 0 saturated carbocycles. The van der Waals surface area contributed by atoms with Crippen LogP contribution in [0.2, 0.25) is 5.15 Å². The molecule has 80 valence electrons. The highest BCUT2D eigenvalue weighted by Crippen LogP contribution is 2.23. The molecule has 3 nitrogen and oxygen atoms in total. The van der Waals surface area contributed by atoms with Crippen LogP contribution in [0.4, 0.5) is 0 Å². The van der Waals surface area contributed by atoms with Crippen LogP contribution in [-0.2, 0) is 6.42 Å². The SMILES string of the molecule is CCc1nc(Cl)cc2c1cnn2C(C)C. The van der Waals surface area contributed by atoms with Gasteiger partial charge in [-0.3, -0.25) is 4.68 Å². The number of hydrogen-bond donors (Lipinski definition) is 0. The van der Waals surface area contributed by atoms with Gasteiger partial charge in [0.25, 0.3) is 0 Å². The van der Waals surface area contributed by atoms with E-state index in [2.05, 4.69) is 30.9 Å². The van der Waals surface area contributed by atoms with E-state index in [4.69, 9.17) is 11.6 Å². The highest BCUT2D eigenvalue weighted by atomic mass is 35.5. The molecule has 0 N–H and O–H groups in total. The molecule has 2 heterocycles. The van der Waals surface area contributed by atoms with Gasteiger partial charge in [-0.25, -0.2) is 4.98 Å². The predicted molar refractivity (Wildman–Crippen MR) is 62.3 cm³/mol. The molecule has 4 heteroatoms. The van der Waals surface area contributed by atoms with E-state index in [1.54, 1.807) is 0 Å². The van der Waals surface area contributed by atoms with Crippen molar-refractivity contribution in [1.82, 2.24) is 14.8 Å². The van der Waals surface area contributed by atoms with Crippen LogP contribution in [0.1, 0.15) is 32.5 Å². The molecule has 0 radical (unpaired) electrons. The van der Waals surface area contributed by atoms with E-state index in [0.717, 1.165) is 23.0 Å². The second kappa shape index (κ2) is 3.81. The molecule has 0 spiro atoms. The number of nitrogens with zero attached hydrogens (tertiary/aromatic N) is 3. The molecular formula is C11H14ClN3. The smallest absolute Gasteiger partial charge is 0.131 e. The zero-order valence-corrected chi connectivity index (χ0v) is 9.91. The van der Waals surface area contributed by atoms with Gasteiger partial charge in [-0.1, -0.05) is 18.5 Å². The van der Waals surface area contributed by atoms with E-state index in [-0.39, 0.29) is 0 Å². The maximum absolute atomic E-state index is 5.98. The number of pyridine rings is 1. The van der Waals surface area contributed by atoms with Crippen molar-refractivity contribution in [1.29, 1.82) is 0 Å². The average Bonchev–Trinajstić information content (AvgIpc) is 2.59. The molecule has 0 amide bonds. The van der Waals surface area contributed by atoms with Crippen LogP contribution < -0.4 is 0 Å². The van der Waals surface area contributed by atoms with Gasteiger partial charge in [0.1, 0.15) is 5.15 Å². The van der Waals surface area contributed by atoms with E-state index in [9.17, 15) is 0 Å². The summed E-state index contributed by atoms with van der Waals surface area (Å²) in [6.07, 6.45) is 2.75. The van der Waals surface area contributed by atoms with Gasteiger partial charge in [0.05, 0.1) is 17.4 Å². The first-order valence-corrected chi connectivity index (χ1v) is 5.54. The van der Waals surface area contributed by atoms with Gasteiger partial charge < -0.3 is 0 Å². The Labute approximate surface area is 94.1 Å². The Bertz CT molecular complexity index is 488. The van der Waals surface area contributed by atoms with Crippen molar-refractivity contribution < 1.29 is 0 Å². The predicted octanol–water partition coefficient (Wildman–Crippen LogP) is 3.23. The molecule has 0 aliphatic rings. The average molecular weight is 224 g/mol. The molecule has 0 fully saturated rings. The largest absolute Gasteiger partial charge is 0.262 e. The Morgan fingerprint density at radius 2 is 2.20 bits per heavy atom.